The third-order valence-corrected chi connectivity index (χ3v) is 3.83. The van der Waals surface area contributed by atoms with Gasteiger partial charge in [-0.1, -0.05) is 6.92 Å². The molecular weight excluding hydrogens is 254 g/mol. The Hall–Kier alpha value is -1.78. The van der Waals surface area contributed by atoms with Crippen LogP contribution in [0.25, 0.3) is 0 Å². The number of nitrogens with one attached hydrogen (secondary N) is 1. The molecule has 1 aromatic rings. The van der Waals surface area contributed by atoms with Crippen molar-refractivity contribution in [1.29, 1.82) is 0 Å². The lowest BCUT2D eigenvalue weighted by molar-refractivity contribution is -0.384. The second-order valence-electron chi connectivity index (χ2n) is 5.46. The molecule has 0 saturated carbocycles. The van der Waals surface area contributed by atoms with Gasteiger partial charge in [0.2, 0.25) is 0 Å². The number of nitro benzene ring substituents is 1. The zero-order chi connectivity index (χ0) is 14.5. The van der Waals surface area contributed by atoms with Gasteiger partial charge in [0.05, 0.1) is 4.92 Å². The van der Waals surface area contributed by atoms with Crippen molar-refractivity contribution in [2.45, 2.75) is 45.6 Å². The number of anilines is 2. The average Bonchev–Trinajstić information content (AvgIpc) is 2.45. The van der Waals surface area contributed by atoms with Gasteiger partial charge >= 0.3 is 0 Å². The molecule has 0 aromatic heterocycles. The fourth-order valence-corrected chi connectivity index (χ4v) is 2.72. The third kappa shape index (κ3) is 3.40. The molecule has 1 aliphatic rings. The summed E-state index contributed by atoms with van der Waals surface area (Å²) >= 11 is 0. The Labute approximate surface area is 120 Å². The molecule has 1 N–H and O–H groups in total. The first-order valence-corrected chi connectivity index (χ1v) is 7.42. The number of non-ortho nitro benzene ring substituents is 1. The lowest BCUT2D eigenvalue weighted by Gasteiger charge is -2.35. The monoisotopic (exact) mass is 277 g/mol. The Morgan fingerprint density at radius 3 is 2.85 bits per heavy atom. The number of nitrogens with zero attached hydrogens (tertiary/aromatic N) is 2. The molecule has 5 nitrogen and oxygen atoms in total. The van der Waals surface area contributed by atoms with Crippen molar-refractivity contribution >= 4 is 17.1 Å². The molecule has 0 amide bonds. The first-order valence-electron chi connectivity index (χ1n) is 7.42. The van der Waals surface area contributed by atoms with Crippen LogP contribution in [0, 0.1) is 10.1 Å². The summed E-state index contributed by atoms with van der Waals surface area (Å²) in [5.74, 6) is 0. The summed E-state index contributed by atoms with van der Waals surface area (Å²) in [6.07, 6.45) is 4.55. The van der Waals surface area contributed by atoms with E-state index in [1.165, 1.54) is 6.42 Å². The van der Waals surface area contributed by atoms with Crippen molar-refractivity contribution in [1.82, 2.24) is 0 Å². The van der Waals surface area contributed by atoms with Gasteiger partial charge in [-0.05, 0) is 38.7 Å². The van der Waals surface area contributed by atoms with Crippen LogP contribution < -0.4 is 10.2 Å². The smallest absolute Gasteiger partial charge is 0.273 e. The molecule has 1 fully saturated rings. The van der Waals surface area contributed by atoms with E-state index in [0.717, 1.165) is 43.7 Å². The second-order valence-corrected chi connectivity index (χ2v) is 5.46. The van der Waals surface area contributed by atoms with Gasteiger partial charge in [-0.15, -0.1) is 0 Å². The Morgan fingerprint density at radius 2 is 2.20 bits per heavy atom. The predicted octanol–water partition coefficient (Wildman–Crippen LogP) is 3.80. The average molecular weight is 277 g/mol. The maximum Gasteiger partial charge on any atom is 0.273 e. The number of rotatable bonds is 5. The molecule has 1 saturated heterocycles. The van der Waals surface area contributed by atoms with Crippen molar-refractivity contribution in [3.63, 3.8) is 0 Å². The van der Waals surface area contributed by atoms with E-state index in [-0.39, 0.29) is 10.6 Å². The summed E-state index contributed by atoms with van der Waals surface area (Å²) in [6, 6.07) is 5.79. The van der Waals surface area contributed by atoms with Crippen LogP contribution in [0.5, 0.6) is 0 Å². The molecule has 1 heterocycles. The minimum Gasteiger partial charge on any atom is -0.385 e. The lowest BCUT2D eigenvalue weighted by Crippen LogP contribution is -2.37. The van der Waals surface area contributed by atoms with E-state index in [2.05, 4.69) is 24.1 Å². The Bertz CT molecular complexity index is 476. The summed E-state index contributed by atoms with van der Waals surface area (Å²) in [6.45, 7) is 6.08. The maximum absolute atomic E-state index is 11.1. The summed E-state index contributed by atoms with van der Waals surface area (Å²) in [5.41, 5.74) is 1.97. The summed E-state index contributed by atoms with van der Waals surface area (Å²) in [5, 5.41) is 14.4. The van der Waals surface area contributed by atoms with E-state index in [1.54, 1.807) is 12.1 Å². The van der Waals surface area contributed by atoms with Crippen LogP contribution >= 0.6 is 0 Å². The molecular formula is C15H23N3O2. The topological polar surface area (TPSA) is 58.4 Å². The zero-order valence-corrected chi connectivity index (χ0v) is 12.3. The minimum absolute atomic E-state index is 0.166. The van der Waals surface area contributed by atoms with Crippen molar-refractivity contribution in [3.05, 3.63) is 28.3 Å². The standard InChI is InChI=1S/C15H23N3O2/c1-3-7-16-13-9-14(11-15(10-13)18(19)20)17-8-5-4-6-12(17)2/h9-12,16H,3-8H2,1-2H3. The molecule has 0 bridgehead atoms. The summed E-state index contributed by atoms with van der Waals surface area (Å²) in [7, 11) is 0. The molecule has 2 rings (SSSR count). The van der Waals surface area contributed by atoms with E-state index in [1.807, 2.05) is 6.07 Å². The fourth-order valence-electron chi connectivity index (χ4n) is 2.72. The van der Waals surface area contributed by atoms with E-state index in [9.17, 15) is 10.1 Å². The molecule has 0 aliphatic carbocycles. The van der Waals surface area contributed by atoms with Gasteiger partial charge in [0.25, 0.3) is 5.69 Å². The van der Waals surface area contributed by atoms with E-state index in [4.69, 9.17) is 0 Å². The number of benzene rings is 1. The summed E-state index contributed by atoms with van der Waals surface area (Å²) in [4.78, 5) is 13.1. The van der Waals surface area contributed by atoms with Crippen molar-refractivity contribution in [2.75, 3.05) is 23.3 Å². The van der Waals surface area contributed by atoms with E-state index < -0.39 is 0 Å². The molecule has 0 radical (unpaired) electrons. The lowest BCUT2D eigenvalue weighted by atomic mass is 10.0. The highest BCUT2D eigenvalue weighted by atomic mass is 16.6. The highest BCUT2D eigenvalue weighted by Gasteiger charge is 2.21. The van der Waals surface area contributed by atoms with E-state index in [0.29, 0.717) is 6.04 Å². The molecule has 1 aromatic carbocycles. The first-order chi connectivity index (χ1) is 9.61. The molecule has 1 unspecified atom stereocenters. The van der Waals surface area contributed by atoms with Crippen molar-refractivity contribution in [3.8, 4) is 0 Å². The zero-order valence-electron chi connectivity index (χ0n) is 12.3. The van der Waals surface area contributed by atoms with Crippen LogP contribution in [-0.4, -0.2) is 24.1 Å². The van der Waals surface area contributed by atoms with Gasteiger partial charge in [0.15, 0.2) is 0 Å². The minimum atomic E-state index is -0.310. The fraction of sp³-hybridized carbons (Fsp3) is 0.600. The number of piperidine rings is 1. The third-order valence-electron chi connectivity index (χ3n) is 3.83. The number of hydrogen-bond donors (Lipinski definition) is 1. The van der Waals surface area contributed by atoms with Gasteiger partial charge < -0.3 is 10.2 Å². The van der Waals surface area contributed by atoms with Crippen LogP contribution in [0.1, 0.15) is 39.5 Å². The SMILES string of the molecule is CCCNc1cc(N2CCCCC2C)cc([N+](=O)[O-])c1. The van der Waals surface area contributed by atoms with Crippen molar-refractivity contribution in [2.24, 2.45) is 0 Å². The normalized spacial score (nSPS) is 18.9. The van der Waals surface area contributed by atoms with Gasteiger partial charge in [0, 0.05) is 42.6 Å². The highest BCUT2D eigenvalue weighted by Crippen LogP contribution is 2.31. The van der Waals surface area contributed by atoms with Gasteiger partial charge in [0.1, 0.15) is 0 Å². The van der Waals surface area contributed by atoms with Crippen LogP contribution in [0.2, 0.25) is 0 Å². The Morgan fingerprint density at radius 1 is 1.40 bits per heavy atom. The van der Waals surface area contributed by atoms with Crippen LogP contribution in [0.3, 0.4) is 0 Å². The Balaban J connectivity index is 2.30. The summed E-state index contributed by atoms with van der Waals surface area (Å²) < 4.78 is 0. The van der Waals surface area contributed by atoms with Crippen molar-refractivity contribution < 1.29 is 4.92 Å². The molecule has 110 valence electrons. The van der Waals surface area contributed by atoms with E-state index >= 15 is 0 Å². The molecule has 0 spiro atoms. The molecule has 1 aliphatic heterocycles. The highest BCUT2D eigenvalue weighted by molar-refractivity contribution is 5.65. The van der Waals surface area contributed by atoms with Crippen LogP contribution in [0.4, 0.5) is 17.1 Å². The maximum atomic E-state index is 11.1. The molecule has 5 heteroatoms. The number of hydrogen-bond acceptors (Lipinski definition) is 4. The predicted molar refractivity (Wildman–Crippen MR) is 82.5 cm³/mol. The van der Waals surface area contributed by atoms with Gasteiger partial charge in [-0.3, -0.25) is 10.1 Å². The second kappa shape index (κ2) is 6.59. The first kappa shape index (κ1) is 14.6. The Kier molecular flexibility index (Phi) is 4.82. The quantitative estimate of drug-likeness (QED) is 0.657. The van der Waals surface area contributed by atoms with Gasteiger partial charge in [-0.2, -0.15) is 0 Å². The molecule has 20 heavy (non-hydrogen) atoms. The van der Waals surface area contributed by atoms with Crippen LogP contribution in [-0.2, 0) is 0 Å². The molecule has 1 atom stereocenters. The van der Waals surface area contributed by atoms with Crippen LogP contribution in [0.15, 0.2) is 18.2 Å². The largest absolute Gasteiger partial charge is 0.385 e. The number of nitro groups is 1. The van der Waals surface area contributed by atoms with Gasteiger partial charge in [-0.25, -0.2) is 0 Å².